The maximum Gasteiger partial charge on any atom is 0.230 e. The molecule has 1 N–H and O–H groups in total. The summed E-state index contributed by atoms with van der Waals surface area (Å²) in [6.45, 7) is 3.49. The topological polar surface area (TPSA) is 66.9 Å². The quantitative estimate of drug-likeness (QED) is 0.536. The SMILES string of the molecule is CCCO[C@H]1CC[C@H](C(=O)N2Cc3cccnc3Nc3ccc(N4C5CCC4CC(OC)C5)cc32)CC1. The Hall–Kier alpha value is -2.64. The third-order valence-electron chi connectivity index (χ3n) is 8.91. The number of aromatic nitrogens is 1. The van der Waals surface area contributed by atoms with Crippen molar-refractivity contribution in [1.82, 2.24) is 4.98 Å². The summed E-state index contributed by atoms with van der Waals surface area (Å²) in [6, 6.07) is 11.7. The lowest BCUT2D eigenvalue weighted by Gasteiger charge is -2.40. The van der Waals surface area contributed by atoms with Crippen molar-refractivity contribution >= 4 is 28.8 Å². The van der Waals surface area contributed by atoms with Gasteiger partial charge in [-0.1, -0.05) is 13.0 Å². The lowest BCUT2D eigenvalue weighted by atomic mass is 9.86. The molecule has 37 heavy (non-hydrogen) atoms. The van der Waals surface area contributed by atoms with E-state index >= 15 is 0 Å². The molecule has 7 nitrogen and oxygen atoms in total. The maximum atomic E-state index is 14.1. The molecule has 7 heteroatoms. The number of benzene rings is 1. The summed E-state index contributed by atoms with van der Waals surface area (Å²) in [5.74, 6) is 1.10. The van der Waals surface area contributed by atoms with Crippen LogP contribution in [0.1, 0.15) is 70.3 Å². The van der Waals surface area contributed by atoms with Crippen molar-refractivity contribution in [1.29, 1.82) is 0 Å². The molecule has 3 aliphatic heterocycles. The van der Waals surface area contributed by atoms with E-state index < -0.39 is 0 Å². The number of carbonyl (C=O) groups excluding carboxylic acids is 1. The second-order valence-electron chi connectivity index (χ2n) is 11.2. The van der Waals surface area contributed by atoms with Crippen LogP contribution in [0.3, 0.4) is 0 Å². The number of piperidine rings is 1. The van der Waals surface area contributed by atoms with Crippen molar-refractivity contribution < 1.29 is 14.3 Å². The number of anilines is 4. The van der Waals surface area contributed by atoms with Gasteiger partial charge in [0.1, 0.15) is 5.82 Å². The number of hydrogen-bond acceptors (Lipinski definition) is 6. The number of ether oxygens (including phenoxy) is 2. The standard InChI is InChI=1S/C30H40N4O3/c1-3-15-37-25-11-6-20(7-12-25)30(35)33-19-21-5-4-14-31-29(21)32-27-13-10-24(18-28(27)33)34-22-8-9-23(34)17-26(16-22)36-2/h4-5,10,13-14,18,20,22-23,25-26H,3,6-9,11-12,15-17,19H2,1-2H3,(H,31,32)/t20-,22?,23?,25-,26?. The fourth-order valence-electron chi connectivity index (χ4n) is 6.99. The molecule has 2 bridgehead atoms. The zero-order valence-electron chi connectivity index (χ0n) is 22.2. The molecular weight excluding hydrogens is 464 g/mol. The van der Waals surface area contributed by atoms with E-state index in [4.69, 9.17) is 9.47 Å². The highest BCUT2D eigenvalue weighted by Crippen LogP contribution is 2.44. The van der Waals surface area contributed by atoms with Crippen molar-refractivity contribution in [3.8, 4) is 0 Å². The monoisotopic (exact) mass is 504 g/mol. The van der Waals surface area contributed by atoms with Gasteiger partial charge in [-0.15, -0.1) is 0 Å². The van der Waals surface area contributed by atoms with Crippen LogP contribution in [0.5, 0.6) is 0 Å². The van der Waals surface area contributed by atoms with Gasteiger partial charge in [-0.05, 0) is 82.1 Å². The Morgan fingerprint density at radius 2 is 1.84 bits per heavy atom. The predicted octanol–water partition coefficient (Wildman–Crippen LogP) is 5.80. The van der Waals surface area contributed by atoms with E-state index in [9.17, 15) is 4.79 Å². The lowest BCUT2D eigenvalue weighted by molar-refractivity contribution is -0.124. The van der Waals surface area contributed by atoms with Gasteiger partial charge in [0, 0.05) is 49.2 Å². The second kappa shape index (κ2) is 10.6. The zero-order valence-corrected chi connectivity index (χ0v) is 22.2. The molecule has 0 spiro atoms. The van der Waals surface area contributed by atoms with E-state index in [2.05, 4.69) is 46.4 Å². The van der Waals surface area contributed by atoms with E-state index in [0.717, 1.165) is 74.3 Å². The molecule has 6 rings (SSSR count). The van der Waals surface area contributed by atoms with Gasteiger partial charge in [-0.2, -0.15) is 0 Å². The Kier molecular flexibility index (Phi) is 7.08. The second-order valence-corrected chi connectivity index (χ2v) is 11.2. The molecule has 1 saturated carbocycles. The summed E-state index contributed by atoms with van der Waals surface area (Å²) >= 11 is 0. The van der Waals surface area contributed by atoms with Crippen LogP contribution in [-0.2, 0) is 20.8 Å². The van der Waals surface area contributed by atoms with Gasteiger partial charge in [0.05, 0.1) is 30.1 Å². The molecule has 1 aromatic carbocycles. The third-order valence-corrected chi connectivity index (χ3v) is 8.91. The molecule has 2 aromatic rings. The van der Waals surface area contributed by atoms with Crippen LogP contribution in [0.15, 0.2) is 36.5 Å². The van der Waals surface area contributed by atoms with E-state index in [1.54, 1.807) is 0 Å². The van der Waals surface area contributed by atoms with Gasteiger partial charge in [0.25, 0.3) is 0 Å². The van der Waals surface area contributed by atoms with Gasteiger partial charge in [-0.25, -0.2) is 4.98 Å². The number of nitrogens with one attached hydrogen (secondary N) is 1. The molecule has 2 atom stereocenters. The summed E-state index contributed by atoms with van der Waals surface area (Å²) in [4.78, 5) is 23.3. The highest BCUT2D eigenvalue weighted by molar-refractivity contribution is 6.00. The normalized spacial score (nSPS) is 28.8. The lowest BCUT2D eigenvalue weighted by Crippen LogP contribution is -2.45. The minimum absolute atomic E-state index is 0.0323. The van der Waals surface area contributed by atoms with Crippen LogP contribution < -0.4 is 15.1 Å². The number of amides is 1. The molecule has 4 heterocycles. The minimum atomic E-state index is 0.0323. The van der Waals surface area contributed by atoms with Crippen molar-refractivity contribution in [3.63, 3.8) is 0 Å². The van der Waals surface area contributed by atoms with Crippen LogP contribution in [0.4, 0.5) is 22.9 Å². The fraction of sp³-hybridized carbons (Fsp3) is 0.600. The Labute approximate surface area is 220 Å². The average molecular weight is 505 g/mol. The Bertz CT molecular complexity index is 1100. The largest absolute Gasteiger partial charge is 0.381 e. The number of methoxy groups -OCH3 is 1. The Morgan fingerprint density at radius 1 is 1.05 bits per heavy atom. The summed E-state index contributed by atoms with van der Waals surface area (Å²) in [6.07, 6.45) is 11.8. The predicted molar refractivity (Wildman–Crippen MR) is 146 cm³/mol. The van der Waals surface area contributed by atoms with Gasteiger partial charge in [0.15, 0.2) is 0 Å². The Balaban J connectivity index is 1.29. The fourth-order valence-corrected chi connectivity index (χ4v) is 6.99. The van der Waals surface area contributed by atoms with E-state index in [1.165, 1.54) is 18.5 Å². The molecule has 1 amide bonds. The first-order valence-electron chi connectivity index (χ1n) is 14.2. The molecule has 3 fully saturated rings. The maximum absolute atomic E-state index is 14.1. The summed E-state index contributed by atoms with van der Waals surface area (Å²) in [7, 11) is 1.84. The third kappa shape index (κ3) is 4.84. The number of fused-ring (bicyclic) bond motifs is 4. The van der Waals surface area contributed by atoms with Gasteiger partial charge in [-0.3, -0.25) is 4.79 Å². The number of carbonyl (C=O) groups is 1. The van der Waals surface area contributed by atoms with Crippen LogP contribution in [0, 0.1) is 5.92 Å². The first-order chi connectivity index (χ1) is 18.1. The number of rotatable bonds is 6. The van der Waals surface area contributed by atoms with Crippen molar-refractivity contribution in [2.45, 2.75) is 95.5 Å². The molecule has 2 saturated heterocycles. The molecule has 1 aliphatic carbocycles. The van der Waals surface area contributed by atoms with Gasteiger partial charge in [0.2, 0.25) is 5.91 Å². The molecule has 4 aliphatic rings. The van der Waals surface area contributed by atoms with E-state index in [-0.39, 0.29) is 11.8 Å². The van der Waals surface area contributed by atoms with Gasteiger partial charge < -0.3 is 24.6 Å². The molecular formula is C30H40N4O3. The van der Waals surface area contributed by atoms with Crippen LogP contribution in [0.2, 0.25) is 0 Å². The van der Waals surface area contributed by atoms with Crippen LogP contribution in [0.25, 0.3) is 0 Å². The summed E-state index contributed by atoms with van der Waals surface area (Å²) in [5.41, 5.74) is 4.19. The number of hydrogen-bond donors (Lipinski definition) is 1. The smallest absolute Gasteiger partial charge is 0.230 e. The summed E-state index contributed by atoms with van der Waals surface area (Å²) < 4.78 is 11.7. The van der Waals surface area contributed by atoms with Crippen molar-refractivity contribution in [2.24, 2.45) is 5.92 Å². The first-order valence-corrected chi connectivity index (χ1v) is 14.2. The van der Waals surface area contributed by atoms with Crippen LogP contribution >= 0.6 is 0 Å². The molecule has 2 unspecified atom stereocenters. The highest BCUT2D eigenvalue weighted by Gasteiger charge is 2.41. The van der Waals surface area contributed by atoms with Crippen LogP contribution in [-0.4, -0.2) is 48.9 Å². The molecule has 0 radical (unpaired) electrons. The Morgan fingerprint density at radius 3 is 2.57 bits per heavy atom. The van der Waals surface area contributed by atoms with E-state index in [1.807, 2.05) is 24.3 Å². The highest BCUT2D eigenvalue weighted by atomic mass is 16.5. The number of pyridine rings is 1. The first kappa shape index (κ1) is 24.7. The van der Waals surface area contributed by atoms with Crippen molar-refractivity contribution in [3.05, 3.63) is 42.1 Å². The summed E-state index contributed by atoms with van der Waals surface area (Å²) in [5, 5.41) is 3.54. The van der Waals surface area contributed by atoms with Gasteiger partial charge >= 0.3 is 0 Å². The average Bonchev–Trinajstić information content (AvgIpc) is 3.10. The van der Waals surface area contributed by atoms with E-state index in [0.29, 0.717) is 30.8 Å². The molecule has 1 aromatic heterocycles. The molecule has 198 valence electrons. The number of nitrogens with zero attached hydrogens (tertiary/aromatic N) is 3. The minimum Gasteiger partial charge on any atom is -0.381 e. The zero-order chi connectivity index (χ0) is 25.4. The van der Waals surface area contributed by atoms with Crippen molar-refractivity contribution in [2.75, 3.05) is 28.8 Å².